The van der Waals surface area contributed by atoms with Crippen LogP contribution >= 0.6 is 24.0 Å². The molecule has 0 fully saturated rings. The average molecular weight is 360 g/mol. The fourth-order valence-corrected chi connectivity index (χ4v) is 1.48. The zero-order valence-corrected chi connectivity index (χ0v) is 12.5. The van der Waals surface area contributed by atoms with Gasteiger partial charge in [-0.1, -0.05) is 6.92 Å². The van der Waals surface area contributed by atoms with E-state index in [2.05, 4.69) is 27.3 Å². The monoisotopic (exact) mass is 360 g/mol. The Bertz CT molecular complexity index is 521. The normalized spacial score (nSPS) is 11.3. The molecule has 7 heteroatoms. The summed E-state index contributed by atoms with van der Waals surface area (Å²) in [4.78, 5) is 8.44. The highest BCUT2D eigenvalue weighted by molar-refractivity contribution is 14.0. The Kier molecular flexibility index (Phi) is 5.83. The van der Waals surface area contributed by atoms with Gasteiger partial charge < -0.3 is 11.1 Å². The maximum Gasteiger partial charge on any atom is 0.188 e. The van der Waals surface area contributed by atoms with Gasteiger partial charge >= 0.3 is 0 Å². The van der Waals surface area contributed by atoms with Crippen molar-refractivity contribution in [2.75, 3.05) is 6.54 Å². The van der Waals surface area contributed by atoms with E-state index in [4.69, 9.17) is 5.73 Å². The molecule has 2 aromatic heterocycles. The third-order valence-corrected chi connectivity index (χ3v) is 2.34. The van der Waals surface area contributed by atoms with Crippen molar-refractivity contribution in [2.24, 2.45) is 10.7 Å². The van der Waals surface area contributed by atoms with Crippen LogP contribution in [0.5, 0.6) is 0 Å². The van der Waals surface area contributed by atoms with Crippen LogP contribution in [0.3, 0.4) is 0 Å². The van der Waals surface area contributed by atoms with Gasteiger partial charge in [0.1, 0.15) is 0 Å². The van der Waals surface area contributed by atoms with Crippen LogP contribution in [-0.2, 0) is 6.54 Å². The highest BCUT2D eigenvalue weighted by atomic mass is 127. The van der Waals surface area contributed by atoms with Crippen molar-refractivity contribution >= 4 is 35.6 Å². The van der Waals surface area contributed by atoms with Crippen LogP contribution in [0.1, 0.15) is 19.0 Å². The van der Waals surface area contributed by atoms with Crippen molar-refractivity contribution in [2.45, 2.75) is 19.9 Å². The summed E-state index contributed by atoms with van der Waals surface area (Å²) in [5.74, 6) is 0.462. The summed E-state index contributed by atoms with van der Waals surface area (Å²) in [7, 11) is 0. The molecule has 18 heavy (non-hydrogen) atoms. The molecule has 2 rings (SSSR count). The highest BCUT2D eigenvalue weighted by Gasteiger charge is 2.00. The molecular weight excluding hydrogens is 343 g/mol. The molecule has 0 spiro atoms. The van der Waals surface area contributed by atoms with Crippen molar-refractivity contribution in [3.05, 3.63) is 30.2 Å². The number of nitrogens with one attached hydrogen (secondary N) is 1. The zero-order chi connectivity index (χ0) is 12.1. The van der Waals surface area contributed by atoms with Crippen molar-refractivity contribution < 1.29 is 0 Å². The van der Waals surface area contributed by atoms with Crippen molar-refractivity contribution in [3.8, 4) is 0 Å². The molecule has 3 N–H and O–H groups in total. The number of hydrogen-bond acceptors (Lipinski definition) is 3. The number of aromatic nitrogens is 3. The summed E-state index contributed by atoms with van der Waals surface area (Å²) in [5, 5.41) is 7.21. The van der Waals surface area contributed by atoms with Gasteiger partial charge in [-0.2, -0.15) is 5.10 Å². The van der Waals surface area contributed by atoms with Gasteiger partial charge in [0.05, 0.1) is 18.4 Å². The van der Waals surface area contributed by atoms with E-state index in [9.17, 15) is 0 Å². The molecule has 2 heterocycles. The van der Waals surface area contributed by atoms with E-state index in [0.29, 0.717) is 12.5 Å². The fraction of sp³-hybridized carbons (Fsp3) is 0.364. The smallest absolute Gasteiger partial charge is 0.188 e. The van der Waals surface area contributed by atoms with Crippen molar-refractivity contribution in [1.29, 1.82) is 0 Å². The van der Waals surface area contributed by atoms with Gasteiger partial charge in [-0.25, -0.2) is 14.5 Å². The van der Waals surface area contributed by atoms with Gasteiger partial charge in [-0.15, -0.1) is 24.0 Å². The summed E-state index contributed by atoms with van der Waals surface area (Å²) < 4.78 is 1.76. The summed E-state index contributed by atoms with van der Waals surface area (Å²) in [6.45, 7) is 3.41. The van der Waals surface area contributed by atoms with Crippen molar-refractivity contribution in [3.63, 3.8) is 0 Å². The molecule has 0 amide bonds. The standard InChI is InChI=1S/C11H16N6.HI/c1-2-5-14-11(12)15-8-9-3-6-13-10-4-7-16-17(9)10;/h3-4,6-7H,2,5,8H2,1H3,(H3,12,14,15);1H. The molecule has 0 radical (unpaired) electrons. The maximum atomic E-state index is 5.72. The topological polar surface area (TPSA) is 80.6 Å². The zero-order valence-electron chi connectivity index (χ0n) is 10.2. The first-order chi connectivity index (χ1) is 8.31. The Labute approximate surface area is 123 Å². The Morgan fingerprint density at radius 2 is 2.28 bits per heavy atom. The quantitative estimate of drug-likeness (QED) is 0.487. The molecule has 6 nitrogen and oxygen atoms in total. The first-order valence-corrected chi connectivity index (χ1v) is 5.62. The summed E-state index contributed by atoms with van der Waals surface area (Å²) >= 11 is 0. The van der Waals surface area contributed by atoms with Crippen LogP contribution in [0.15, 0.2) is 29.5 Å². The molecule has 0 unspecified atom stereocenters. The van der Waals surface area contributed by atoms with E-state index in [-0.39, 0.29) is 24.0 Å². The number of fused-ring (bicyclic) bond motifs is 1. The maximum absolute atomic E-state index is 5.72. The first kappa shape index (κ1) is 14.7. The van der Waals surface area contributed by atoms with E-state index < -0.39 is 0 Å². The van der Waals surface area contributed by atoms with Crippen LogP contribution in [0, 0.1) is 0 Å². The van der Waals surface area contributed by atoms with Gasteiger partial charge in [0, 0.05) is 18.8 Å². The minimum Gasteiger partial charge on any atom is -0.370 e. The summed E-state index contributed by atoms with van der Waals surface area (Å²) in [6, 6.07) is 3.74. The second-order valence-corrected chi connectivity index (χ2v) is 3.67. The predicted octanol–water partition coefficient (Wildman–Crippen LogP) is 1.16. The van der Waals surface area contributed by atoms with E-state index in [1.807, 2.05) is 12.1 Å². The van der Waals surface area contributed by atoms with Crippen molar-refractivity contribution in [1.82, 2.24) is 19.9 Å². The second-order valence-electron chi connectivity index (χ2n) is 3.67. The molecule has 0 aromatic carbocycles. The molecule has 0 saturated carbocycles. The van der Waals surface area contributed by atoms with Gasteiger partial charge in [-0.05, 0) is 12.5 Å². The lowest BCUT2D eigenvalue weighted by Crippen LogP contribution is -2.32. The molecule has 0 atom stereocenters. The molecular formula is C11H17IN6. The number of nitrogens with two attached hydrogens (primary N) is 1. The van der Waals surface area contributed by atoms with E-state index >= 15 is 0 Å². The average Bonchev–Trinajstić information content (AvgIpc) is 2.82. The van der Waals surface area contributed by atoms with Gasteiger partial charge in [0.15, 0.2) is 11.6 Å². The van der Waals surface area contributed by atoms with Crippen LogP contribution < -0.4 is 11.1 Å². The third-order valence-electron chi connectivity index (χ3n) is 2.34. The minimum absolute atomic E-state index is 0. The molecule has 2 aromatic rings. The molecule has 0 aliphatic carbocycles. The Balaban J connectivity index is 0.00000162. The fourth-order valence-electron chi connectivity index (χ4n) is 1.48. The number of halogens is 1. The molecule has 0 aliphatic rings. The van der Waals surface area contributed by atoms with E-state index in [1.165, 1.54) is 0 Å². The lowest BCUT2D eigenvalue weighted by Gasteiger charge is -2.04. The molecule has 0 aliphatic heterocycles. The Morgan fingerprint density at radius 3 is 3.06 bits per heavy atom. The summed E-state index contributed by atoms with van der Waals surface area (Å²) in [6.07, 6.45) is 4.49. The van der Waals surface area contributed by atoms with E-state index in [1.54, 1.807) is 16.9 Å². The number of hydrogen-bond donors (Lipinski definition) is 2. The SMILES string of the molecule is CCCNC(N)=NCc1ccnc2ccnn12.I. The number of guanidine groups is 1. The predicted molar refractivity (Wildman–Crippen MR) is 82.0 cm³/mol. The first-order valence-electron chi connectivity index (χ1n) is 5.62. The van der Waals surface area contributed by atoms with Gasteiger partial charge in [-0.3, -0.25) is 0 Å². The Morgan fingerprint density at radius 1 is 1.44 bits per heavy atom. The van der Waals surface area contributed by atoms with Gasteiger partial charge in [0.2, 0.25) is 0 Å². The second kappa shape index (κ2) is 7.14. The van der Waals surface area contributed by atoms with Crippen LogP contribution in [0.4, 0.5) is 0 Å². The third kappa shape index (κ3) is 3.56. The number of rotatable bonds is 4. The number of nitrogens with zero attached hydrogens (tertiary/aromatic N) is 4. The van der Waals surface area contributed by atoms with Gasteiger partial charge in [0.25, 0.3) is 0 Å². The molecule has 98 valence electrons. The van der Waals surface area contributed by atoms with E-state index in [0.717, 1.165) is 24.3 Å². The lowest BCUT2D eigenvalue weighted by atomic mass is 10.4. The highest BCUT2D eigenvalue weighted by Crippen LogP contribution is 2.03. The van der Waals surface area contributed by atoms with Crippen LogP contribution in [0.2, 0.25) is 0 Å². The molecule has 0 saturated heterocycles. The summed E-state index contributed by atoms with van der Waals surface area (Å²) in [5.41, 5.74) is 7.50. The van der Waals surface area contributed by atoms with Crippen LogP contribution in [-0.4, -0.2) is 27.1 Å². The van der Waals surface area contributed by atoms with Crippen LogP contribution in [0.25, 0.3) is 5.65 Å². The molecule has 0 bridgehead atoms. The number of aliphatic imine (C=N–C) groups is 1. The lowest BCUT2D eigenvalue weighted by molar-refractivity contribution is 0.805. The minimum atomic E-state index is 0. The Hall–Kier alpha value is -1.38. The largest absolute Gasteiger partial charge is 0.370 e.